The normalized spacial score (nSPS) is 11.5. The smallest absolute Gasteiger partial charge is 0.302 e. The van der Waals surface area contributed by atoms with Gasteiger partial charge in [0, 0.05) is 6.92 Å². The van der Waals surface area contributed by atoms with Gasteiger partial charge in [-0.15, -0.1) is 0 Å². The summed E-state index contributed by atoms with van der Waals surface area (Å²) in [7, 11) is 0. The second-order valence-electron chi connectivity index (χ2n) is 5.25. The first-order valence-electron chi connectivity index (χ1n) is 8.22. The summed E-state index contributed by atoms with van der Waals surface area (Å²) in [5.74, 6) is -0.166. The second-order valence-corrected chi connectivity index (χ2v) is 5.25. The van der Waals surface area contributed by atoms with Crippen LogP contribution in [-0.2, 0) is 9.53 Å². The van der Waals surface area contributed by atoms with Crippen molar-refractivity contribution in [3.8, 4) is 0 Å². The van der Waals surface area contributed by atoms with E-state index in [1.54, 1.807) is 0 Å². The van der Waals surface area contributed by atoms with E-state index in [-0.39, 0.29) is 5.97 Å². The number of carbonyl (C=O) groups excluding carboxylic acids is 1. The Bertz CT molecular complexity index is 267. The van der Waals surface area contributed by atoms with Gasteiger partial charge in [0.25, 0.3) is 0 Å². The molecule has 2 heteroatoms. The van der Waals surface area contributed by atoms with Crippen LogP contribution in [0, 0.1) is 0 Å². The van der Waals surface area contributed by atoms with Gasteiger partial charge in [0.1, 0.15) is 0 Å². The number of ether oxygens (including phenoxy) is 1. The highest BCUT2D eigenvalue weighted by molar-refractivity contribution is 5.65. The first kappa shape index (κ1) is 18.9. The summed E-state index contributed by atoms with van der Waals surface area (Å²) in [5.41, 5.74) is 0. The van der Waals surface area contributed by atoms with Gasteiger partial charge in [-0.25, -0.2) is 0 Å². The number of rotatable bonds is 13. The van der Waals surface area contributed by atoms with Crippen molar-refractivity contribution in [2.45, 2.75) is 78.1 Å². The highest BCUT2D eigenvalue weighted by Gasteiger charge is 1.93. The molecule has 0 saturated heterocycles. The van der Waals surface area contributed by atoms with Crippen LogP contribution in [0.5, 0.6) is 0 Å². The van der Waals surface area contributed by atoms with Crippen LogP contribution in [0.4, 0.5) is 0 Å². The molecule has 0 aromatic heterocycles. The van der Waals surface area contributed by atoms with E-state index < -0.39 is 0 Å². The van der Waals surface area contributed by atoms with Gasteiger partial charge in [0.15, 0.2) is 0 Å². The highest BCUT2D eigenvalue weighted by atomic mass is 16.5. The van der Waals surface area contributed by atoms with Gasteiger partial charge in [-0.1, -0.05) is 69.8 Å². The first-order valence-corrected chi connectivity index (χ1v) is 8.22. The van der Waals surface area contributed by atoms with Crippen molar-refractivity contribution in [1.82, 2.24) is 0 Å². The minimum Gasteiger partial charge on any atom is -0.466 e. The van der Waals surface area contributed by atoms with Crippen LogP contribution >= 0.6 is 0 Å². The molecule has 0 amide bonds. The fraction of sp³-hybridized carbons (Fsp3) is 0.722. The number of allylic oxidation sites excluding steroid dienone is 4. The molecule has 0 aliphatic rings. The van der Waals surface area contributed by atoms with E-state index in [9.17, 15) is 4.79 Å². The zero-order valence-corrected chi connectivity index (χ0v) is 13.4. The summed E-state index contributed by atoms with van der Waals surface area (Å²) in [6.07, 6.45) is 21.1. The molecular formula is C18H32O2. The Hall–Kier alpha value is -1.05. The predicted molar refractivity (Wildman–Crippen MR) is 86.8 cm³/mol. The van der Waals surface area contributed by atoms with Gasteiger partial charge in [0.05, 0.1) is 6.61 Å². The van der Waals surface area contributed by atoms with E-state index in [0.29, 0.717) is 6.61 Å². The van der Waals surface area contributed by atoms with Gasteiger partial charge < -0.3 is 4.74 Å². The minimum absolute atomic E-state index is 0.166. The van der Waals surface area contributed by atoms with Crippen molar-refractivity contribution in [1.29, 1.82) is 0 Å². The molecule has 0 rings (SSSR count). The maximum atomic E-state index is 10.5. The number of hydrogen-bond donors (Lipinski definition) is 0. The lowest BCUT2D eigenvalue weighted by atomic mass is 10.1. The molecule has 0 unspecified atom stereocenters. The molecular weight excluding hydrogens is 248 g/mol. The summed E-state index contributed by atoms with van der Waals surface area (Å²) in [6, 6.07) is 0. The topological polar surface area (TPSA) is 26.3 Å². The average molecular weight is 280 g/mol. The van der Waals surface area contributed by atoms with Crippen LogP contribution in [0.15, 0.2) is 24.3 Å². The second kappa shape index (κ2) is 16.0. The first-order chi connectivity index (χ1) is 9.77. The standard InChI is InChI=1S/C18H32O2/c1-3-4-5-6-7-8-9-10-11-12-13-14-15-16-17-20-18(2)19/h6-9H,3-5,10-17H2,1-2H3. The van der Waals surface area contributed by atoms with Crippen LogP contribution in [0.3, 0.4) is 0 Å². The van der Waals surface area contributed by atoms with Gasteiger partial charge in [-0.2, -0.15) is 0 Å². The fourth-order valence-corrected chi connectivity index (χ4v) is 1.96. The van der Waals surface area contributed by atoms with E-state index in [1.807, 2.05) is 0 Å². The van der Waals surface area contributed by atoms with E-state index in [2.05, 4.69) is 31.2 Å². The maximum Gasteiger partial charge on any atom is 0.302 e. The summed E-state index contributed by atoms with van der Waals surface area (Å²) >= 11 is 0. The maximum absolute atomic E-state index is 10.5. The Labute approximate surface area is 125 Å². The molecule has 0 aromatic rings. The van der Waals surface area contributed by atoms with Crippen molar-refractivity contribution in [3.05, 3.63) is 24.3 Å². The van der Waals surface area contributed by atoms with Crippen molar-refractivity contribution in [2.75, 3.05) is 6.61 Å². The van der Waals surface area contributed by atoms with Crippen LogP contribution in [-0.4, -0.2) is 12.6 Å². The zero-order valence-electron chi connectivity index (χ0n) is 13.4. The Balaban J connectivity index is 3.14. The number of unbranched alkanes of at least 4 members (excludes halogenated alkanes) is 8. The van der Waals surface area contributed by atoms with Crippen molar-refractivity contribution in [3.63, 3.8) is 0 Å². The molecule has 0 radical (unpaired) electrons. The molecule has 0 saturated carbocycles. The fourth-order valence-electron chi connectivity index (χ4n) is 1.96. The third kappa shape index (κ3) is 16.9. The van der Waals surface area contributed by atoms with Crippen molar-refractivity contribution < 1.29 is 9.53 Å². The van der Waals surface area contributed by atoms with E-state index in [0.717, 1.165) is 6.42 Å². The summed E-state index contributed by atoms with van der Waals surface area (Å²) in [5, 5.41) is 0. The Kier molecular flexibility index (Phi) is 15.2. The highest BCUT2D eigenvalue weighted by Crippen LogP contribution is 2.07. The Morgan fingerprint density at radius 2 is 1.40 bits per heavy atom. The van der Waals surface area contributed by atoms with Gasteiger partial charge in [-0.05, 0) is 25.7 Å². The molecule has 0 aromatic carbocycles. The molecule has 0 fully saturated rings. The predicted octanol–water partition coefficient (Wildman–Crippen LogP) is 5.58. The molecule has 0 N–H and O–H groups in total. The monoisotopic (exact) mass is 280 g/mol. The van der Waals surface area contributed by atoms with E-state index in [1.165, 1.54) is 64.7 Å². The van der Waals surface area contributed by atoms with E-state index >= 15 is 0 Å². The summed E-state index contributed by atoms with van der Waals surface area (Å²) < 4.78 is 4.89. The van der Waals surface area contributed by atoms with Crippen LogP contribution < -0.4 is 0 Å². The Morgan fingerprint density at radius 1 is 0.850 bits per heavy atom. The van der Waals surface area contributed by atoms with Crippen LogP contribution in [0.25, 0.3) is 0 Å². The molecule has 0 heterocycles. The summed E-state index contributed by atoms with van der Waals surface area (Å²) in [4.78, 5) is 10.5. The molecule has 0 aliphatic carbocycles. The lowest BCUT2D eigenvalue weighted by Crippen LogP contribution is -1.99. The molecule has 116 valence electrons. The van der Waals surface area contributed by atoms with Crippen LogP contribution in [0.2, 0.25) is 0 Å². The molecule has 0 bridgehead atoms. The molecule has 20 heavy (non-hydrogen) atoms. The zero-order chi connectivity index (χ0) is 14.9. The average Bonchev–Trinajstić information content (AvgIpc) is 2.43. The number of hydrogen-bond acceptors (Lipinski definition) is 2. The third-order valence-corrected chi connectivity index (χ3v) is 3.18. The Morgan fingerprint density at radius 3 is 2.00 bits per heavy atom. The number of carbonyl (C=O) groups is 1. The van der Waals surface area contributed by atoms with Gasteiger partial charge in [-0.3, -0.25) is 4.79 Å². The van der Waals surface area contributed by atoms with Crippen molar-refractivity contribution in [2.24, 2.45) is 0 Å². The third-order valence-electron chi connectivity index (χ3n) is 3.18. The molecule has 0 aliphatic heterocycles. The van der Waals surface area contributed by atoms with Gasteiger partial charge >= 0.3 is 5.97 Å². The summed E-state index contributed by atoms with van der Waals surface area (Å²) in [6.45, 7) is 4.27. The van der Waals surface area contributed by atoms with E-state index in [4.69, 9.17) is 4.74 Å². The molecule has 0 spiro atoms. The lowest BCUT2D eigenvalue weighted by molar-refractivity contribution is -0.141. The largest absolute Gasteiger partial charge is 0.466 e. The van der Waals surface area contributed by atoms with Crippen LogP contribution in [0.1, 0.15) is 78.1 Å². The lowest BCUT2D eigenvalue weighted by Gasteiger charge is -2.01. The van der Waals surface area contributed by atoms with Gasteiger partial charge in [0.2, 0.25) is 0 Å². The molecule has 0 atom stereocenters. The quantitative estimate of drug-likeness (QED) is 0.250. The molecule has 2 nitrogen and oxygen atoms in total. The number of esters is 1. The SMILES string of the molecule is CCCCC=CC=CCCCCCCCCOC(C)=O. The minimum atomic E-state index is -0.166. The van der Waals surface area contributed by atoms with Crippen molar-refractivity contribution >= 4 is 5.97 Å².